The SMILES string of the molecule is C=C1/C(C2CCC=CN2C)=C(/C2C=CC=CN2)SN(c2ccccc2)c2ccccc2-c2ccccc21. The molecule has 6 rings (SSSR count). The maximum atomic E-state index is 4.80. The first-order valence-electron chi connectivity index (χ1n) is 12.9. The van der Waals surface area contributed by atoms with Gasteiger partial charge < -0.3 is 10.2 Å². The molecule has 37 heavy (non-hydrogen) atoms. The summed E-state index contributed by atoms with van der Waals surface area (Å²) in [5.74, 6) is 0. The molecule has 0 radical (unpaired) electrons. The van der Waals surface area contributed by atoms with E-state index < -0.39 is 0 Å². The van der Waals surface area contributed by atoms with E-state index in [-0.39, 0.29) is 12.1 Å². The van der Waals surface area contributed by atoms with Crippen LogP contribution in [0.4, 0.5) is 11.4 Å². The van der Waals surface area contributed by atoms with E-state index in [2.05, 4.69) is 131 Å². The van der Waals surface area contributed by atoms with Crippen molar-refractivity contribution in [2.45, 2.75) is 24.9 Å². The maximum absolute atomic E-state index is 4.80. The largest absolute Gasteiger partial charge is 0.380 e. The molecule has 184 valence electrons. The van der Waals surface area contributed by atoms with Crippen molar-refractivity contribution in [2.75, 3.05) is 11.4 Å². The summed E-state index contributed by atoms with van der Waals surface area (Å²) in [7, 11) is 2.19. The molecule has 0 bridgehead atoms. The van der Waals surface area contributed by atoms with Crippen molar-refractivity contribution < 1.29 is 0 Å². The Morgan fingerprint density at radius 3 is 2.35 bits per heavy atom. The lowest BCUT2D eigenvalue weighted by molar-refractivity contribution is 0.340. The molecule has 0 fully saturated rings. The molecular formula is C33H31N3S. The van der Waals surface area contributed by atoms with Gasteiger partial charge in [-0.15, -0.1) is 0 Å². The number of nitrogens with one attached hydrogen (secondary N) is 1. The highest BCUT2D eigenvalue weighted by molar-refractivity contribution is 8.04. The second-order valence-corrected chi connectivity index (χ2v) is 10.6. The fourth-order valence-corrected chi connectivity index (χ4v) is 6.75. The zero-order valence-corrected chi connectivity index (χ0v) is 21.9. The lowest BCUT2D eigenvalue weighted by Gasteiger charge is -2.37. The van der Waals surface area contributed by atoms with Gasteiger partial charge in [0.05, 0.1) is 23.5 Å². The van der Waals surface area contributed by atoms with Gasteiger partial charge in [0.2, 0.25) is 0 Å². The van der Waals surface area contributed by atoms with E-state index in [1.807, 2.05) is 18.1 Å². The Morgan fingerprint density at radius 1 is 0.865 bits per heavy atom. The normalized spacial score (nSPS) is 23.0. The summed E-state index contributed by atoms with van der Waals surface area (Å²) < 4.78 is 2.40. The fraction of sp³-hybridized carbons (Fsp3) is 0.152. The third kappa shape index (κ3) is 4.42. The second kappa shape index (κ2) is 10.2. The topological polar surface area (TPSA) is 18.5 Å². The molecular weight excluding hydrogens is 470 g/mol. The molecule has 0 saturated heterocycles. The van der Waals surface area contributed by atoms with Crippen LogP contribution in [-0.2, 0) is 0 Å². The number of likely N-dealkylation sites (N-methyl/N-ethyl adjacent to an activating group) is 1. The zero-order valence-electron chi connectivity index (χ0n) is 21.0. The summed E-state index contributed by atoms with van der Waals surface area (Å²) in [6.45, 7) is 4.80. The number of anilines is 2. The minimum atomic E-state index is 0.0460. The smallest absolute Gasteiger partial charge is 0.0776 e. The van der Waals surface area contributed by atoms with Crippen molar-refractivity contribution in [1.29, 1.82) is 0 Å². The molecule has 0 spiro atoms. The lowest BCUT2D eigenvalue weighted by Crippen LogP contribution is -2.35. The van der Waals surface area contributed by atoms with Crippen LogP contribution in [0.3, 0.4) is 0 Å². The number of benzene rings is 3. The van der Waals surface area contributed by atoms with Gasteiger partial charge >= 0.3 is 0 Å². The lowest BCUT2D eigenvalue weighted by atomic mass is 9.84. The van der Waals surface area contributed by atoms with Crippen LogP contribution in [0.1, 0.15) is 18.4 Å². The highest BCUT2D eigenvalue weighted by atomic mass is 32.2. The summed E-state index contributed by atoms with van der Waals surface area (Å²) in [6, 6.07) is 28.5. The van der Waals surface area contributed by atoms with Gasteiger partial charge in [0.25, 0.3) is 0 Å². The molecule has 0 saturated carbocycles. The van der Waals surface area contributed by atoms with Gasteiger partial charge in [-0.3, -0.25) is 4.31 Å². The number of hydrogen-bond acceptors (Lipinski definition) is 4. The van der Waals surface area contributed by atoms with Crippen molar-refractivity contribution in [3.05, 3.63) is 138 Å². The van der Waals surface area contributed by atoms with Crippen molar-refractivity contribution in [3.63, 3.8) is 0 Å². The van der Waals surface area contributed by atoms with Crippen LogP contribution in [0.2, 0.25) is 0 Å². The molecule has 4 heteroatoms. The van der Waals surface area contributed by atoms with E-state index >= 15 is 0 Å². The van der Waals surface area contributed by atoms with Gasteiger partial charge in [0.15, 0.2) is 0 Å². The quantitative estimate of drug-likeness (QED) is 0.366. The first-order chi connectivity index (χ1) is 18.2. The molecule has 0 amide bonds. The van der Waals surface area contributed by atoms with Crippen LogP contribution in [0.5, 0.6) is 0 Å². The van der Waals surface area contributed by atoms with E-state index in [9.17, 15) is 0 Å². The number of dihydropyridines is 1. The molecule has 0 aromatic heterocycles. The average Bonchev–Trinajstić information content (AvgIpc) is 3.00. The van der Waals surface area contributed by atoms with E-state index in [1.165, 1.54) is 32.9 Å². The van der Waals surface area contributed by atoms with Crippen LogP contribution in [0.15, 0.2) is 133 Å². The maximum Gasteiger partial charge on any atom is 0.0776 e. The van der Waals surface area contributed by atoms with Crippen LogP contribution in [-0.4, -0.2) is 24.0 Å². The van der Waals surface area contributed by atoms with Crippen molar-refractivity contribution in [2.24, 2.45) is 0 Å². The fourth-order valence-electron chi connectivity index (χ4n) is 5.45. The molecule has 3 aromatic rings. The van der Waals surface area contributed by atoms with Crippen LogP contribution in [0, 0.1) is 0 Å². The van der Waals surface area contributed by atoms with E-state index in [4.69, 9.17) is 6.58 Å². The first-order valence-corrected chi connectivity index (χ1v) is 13.6. The number of para-hydroxylation sites is 2. The molecule has 3 nitrogen and oxygen atoms in total. The van der Waals surface area contributed by atoms with Gasteiger partial charge in [-0.05, 0) is 83.7 Å². The standard InChI is InChI=1S/C33H31N3S/c1-24-26-16-6-7-17-27(26)28-18-8-9-20-30(28)36(25-14-4-3-5-15-25)37-33(29-19-10-12-22-34-29)32(24)31-21-11-13-23-35(31)2/h3-10,12-20,22-23,29,31,34H,1,11,21H2,2H3/b33-32+. The summed E-state index contributed by atoms with van der Waals surface area (Å²) in [5.41, 5.74) is 8.33. The van der Waals surface area contributed by atoms with E-state index in [1.54, 1.807) is 0 Å². The van der Waals surface area contributed by atoms with E-state index in [0.717, 1.165) is 24.1 Å². The van der Waals surface area contributed by atoms with Gasteiger partial charge in [-0.1, -0.05) is 85.5 Å². The predicted molar refractivity (Wildman–Crippen MR) is 159 cm³/mol. The molecule has 2 atom stereocenters. The van der Waals surface area contributed by atoms with Gasteiger partial charge in [-0.2, -0.15) is 0 Å². The average molecular weight is 502 g/mol. The number of rotatable bonds is 3. The highest BCUT2D eigenvalue weighted by Crippen LogP contribution is 2.49. The Labute approximate surface area is 224 Å². The van der Waals surface area contributed by atoms with Crippen LogP contribution in [0.25, 0.3) is 16.7 Å². The Kier molecular flexibility index (Phi) is 6.50. The van der Waals surface area contributed by atoms with Gasteiger partial charge in [-0.25, -0.2) is 0 Å². The molecule has 2 unspecified atom stereocenters. The Hall–Kier alpha value is -3.89. The van der Waals surface area contributed by atoms with Crippen molar-refractivity contribution in [1.82, 2.24) is 10.2 Å². The summed E-state index contributed by atoms with van der Waals surface area (Å²) >= 11 is 1.81. The minimum absolute atomic E-state index is 0.0460. The molecule has 3 heterocycles. The van der Waals surface area contributed by atoms with Crippen molar-refractivity contribution >= 4 is 28.9 Å². The molecule has 3 aliphatic rings. The molecule has 3 aliphatic heterocycles. The van der Waals surface area contributed by atoms with Gasteiger partial charge in [0.1, 0.15) is 0 Å². The summed E-state index contributed by atoms with van der Waals surface area (Å²) in [4.78, 5) is 3.63. The van der Waals surface area contributed by atoms with Crippen LogP contribution >= 0.6 is 11.9 Å². The second-order valence-electron chi connectivity index (χ2n) is 9.57. The number of nitrogens with zero attached hydrogens (tertiary/aromatic N) is 2. The molecule has 1 N–H and O–H groups in total. The summed E-state index contributed by atoms with van der Waals surface area (Å²) in [6.07, 6.45) is 15.1. The van der Waals surface area contributed by atoms with Crippen LogP contribution < -0.4 is 9.62 Å². The monoisotopic (exact) mass is 501 g/mol. The number of fused-ring (bicyclic) bond motifs is 3. The Balaban J connectivity index is 1.67. The Bertz CT molecular complexity index is 1430. The third-order valence-electron chi connectivity index (χ3n) is 7.28. The van der Waals surface area contributed by atoms with Crippen molar-refractivity contribution in [3.8, 4) is 11.1 Å². The third-order valence-corrected chi connectivity index (χ3v) is 8.54. The number of allylic oxidation sites excluding steroid dienone is 3. The minimum Gasteiger partial charge on any atom is -0.380 e. The molecule has 0 aliphatic carbocycles. The zero-order chi connectivity index (χ0) is 25.2. The molecule has 3 aromatic carbocycles. The summed E-state index contributed by atoms with van der Waals surface area (Å²) in [5, 5.41) is 3.63. The van der Waals surface area contributed by atoms with E-state index in [0.29, 0.717) is 0 Å². The highest BCUT2D eigenvalue weighted by Gasteiger charge is 2.33. The first kappa shape index (κ1) is 23.5. The Morgan fingerprint density at radius 2 is 1.59 bits per heavy atom. The van der Waals surface area contributed by atoms with Gasteiger partial charge in [0, 0.05) is 17.5 Å². The number of hydrogen-bond donors (Lipinski definition) is 1. The predicted octanol–water partition coefficient (Wildman–Crippen LogP) is 8.07.